The summed E-state index contributed by atoms with van der Waals surface area (Å²) in [5.41, 5.74) is -0.0943. The van der Waals surface area contributed by atoms with Crippen molar-refractivity contribution in [2.24, 2.45) is 0 Å². The minimum atomic E-state index is -0.581. The van der Waals surface area contributed by atoms with Crippen LogP contribution in [0, 0.1) is 6.92 Å². The highest BCUT2D eigenvalue weighted by atomic mass is 16.5. The molecule has 1 rings (SSSR count). The van der Waals surface area contributed by atoms with E-state index in [2.05, 4.69) is 0 Å². The number of aromatic hydroxyl groups is 1. The van der Waals surface area contributed by atoms with Crippen molar-refractivity contribution >= 4 is 5.97 Å². The average Bonchev–Trinajstić information content (AvgIpc) is 2.20. The first-order chi connectivity index (χ1) is 7.06. The highest BCUT2D eigenvalue weighted by molar-refractivity contribution is 5.69. The van der Waals surface area contributed by atoms with Crippen LogP contribution in [0.25, 0.3) is 0 Å². The number of ether oxygens (including phenoxy) is 1. The first kappa shape index (κ1) is 11.3. The summed E-state index contributed by atoms with van der Waals surface area (Å²) in [4.78, 5) is 22.5. The summed E-state index contributed by atoms with van der Waals surface area (Å²) in [6, 6.07) is 1.57. The smallest absolute Gasteiger partial charge is 0.326 e. The van der Waals surface area contributed by atoms with Crippen LogP contribution in [-0.4, -0.2) is 22.2 Å². The summed E-state index contributed by atoms with van der Waals surface area (Å²) in [5, 5.41) is 9.34. The Hall–Kier alpha value is -1.78. The van der Waals surface area contributed by atoms with Crippen LogP contribution >= 0.6 is 0 Å². The van der Waals surface area contributed by atoms with Crippen LogP contribution in [0.3, 0.4) is 0 Å². The zero-order chi connectivity index (χ0) is 11.4. The molecule has 0 aliphatic heterocycles. The van der Waals surface area contributed by atoms with E-state index < -0.39 is 11.5 Å². The second-order valence-corrected chi connectivity index (χ2v) is 3.09. The minimum Gasteiger partial charge on any atom is -0.503 e. The molecule has 0 amide bonds. The van der Waals surface area contributed by atoms with E-state index >= 15 is 0 Å². The van der Waals surface area contributed by atoms with Gasteiger partial charge >= 0.3 is 5.97 Å². The van der Waals surface area contributed by atoms with Crippen LogP contribution in [-0.2, 0) is 16.1 Å². The van der Waals surface area contributed by atoms with Gasteiger partial charge in [0.2, 0.25) is 0 Å². The highest BCUT2D eigenvalue weighted by Crippen LogP contribution is 2.07. The largest absolute Gasteiger partial charge is 0.503 e. The van der Waals surface area contributed by atoms with Crippen molar-refractivity contribution < 1.29 is 14.6 Å². The van der Waals surface area contributed by atoms with Crippen molar-refractivity contribution in [1.29, 1.82) is 0 Å². The molecule has 5 heteroatoms. The molecular weight excluding hydrogens is 198 g/mol. The fourth-order valence-corrected chi connectivity index (χ4v) is 1.12. The molecule has 0 aliphatic carbocycles. The van der Waals surface area contributed by atoms with Crippen molar-refractivity contribution in [2.45, 2.75) is 20.4 Å². The molecule has 1 aromatic heterocycles. The molecule has 0 bridgehead atoms. The SMILES string of the molecule is CCOC(=O)Cn1ccc(C)c(O)c1=O. The van der Waals surface area contributed by atoms with Crippen molar-refractivity contribution in [2.75, 3.05) is 6.61 Å². The maximum absolute atomic E-state index is 11.4. The van der Waals surface area contributed by atoms with Gasteiger partial charge in [-0.1, -0.05) is 0 Å². The monoisotopic (exact) mass is 211 g/mol. The number of carbonyl (C=O) groups is 1. The van der Waals surface area contributed by atoms with E-state index in [1.165, 1.54) is 6.20 Å². The fraction of sp³-hybridized carbons (Fsp3) is 0.400. The summed E-state index contributed by atoms with van der Waals surface area (Å²) in [6.45, 7) is 3.39. The molecule has 1 aromatic rings. The number of nitrogens with zero attached hydrogens (tertiary/aromatic N) is 1. The predicted octanol–water partition coefficient (Wildman–Crippen LogP) is 0.425. The van der Waals surface area contributed by atoms with Crippen molar-refractivity contribution in [3.8, 4) is 5.75 Å². The Morgan fingerprint density at radius 2 is 2.27 bits per heavy atom. The van der Waals surface area contributed by atoms with E-state index in [0.29, 0.717) is 5.56 Å². The number of aryl methyl sites for hydroxylation is 1. The number of carbonyl (C=O) groups excluding carboxylic acids is 1. The normalized spacial score (nSPS) is 10.0. The topological polar surface area (TPSA) is 68.5 Å². The van der Waals surface area contributed by atoms with Gasteiger partial charge in [-0.2, -0.15) is 0 Å². The molecule has 0 unspecified atom stereocenters. The maximum atomic E-state index is 11.4. The molecule has 0 fully saturated rings. The van der Waals surface area contributed by atoms with Crippen LogP contribution < -0.4 is 5.56 Å². The number of hydrogen-bond acceptors (Lipinski definition) is 4. The van der Waals surface area contributed by atoms with Gasteiger partial charge in [0, 0.05) is 6.20 Å². The van der Waals surface area contributed by atoms with Crippen LogP contribution in [0.4, 0.5) is 0 Å². The summed E-state index contributed by atoms with van der Waals surface area (Å²) in [7, 11) is 0. The summed E-state index contributed by atoms with van der Waals surface area (Å²) < 4.78 is 5.80. The van der Waals surface area contributed by atoms with E-state index in [0.717, 1.165) is 4.57 Å². The Morgan fingerprint density at radius 3 is 2.87 bits per heavy atom. The second-order valence-electron chi connectivity index (χ2n) is 3.09. The fourth-order valence-electron chi connectivity index (χ4n) is 1.12. The lowest BCUT2D eigenvalue weighted by Crippen LogP contribution is -2.24. The zero-order valence-corrected chi connectivity index (χ0v) is 8.69. The van der Waals surface area contributed by atoms with Gasteiger partial charge in [0.25, 0.3) is 5.56 Å². The third-order valence-electron chi connectivity index (χ3n) is 1.95. The minimum absolute atomic E-state index is 0.180. The number of aromatic nitrogens is 1. The number of esters is 1. The van der Waals surface area contributed by atoms with E-state index in [1.54, 1.807) is 19.9 Å². The molecular formula is C10H13NO4. The van der Waals surface area contributed by atoms with Gasteiger partial charge < -0.3 is 14.4 Å². The lowest BCUT2D eigenvalue weighted by Gasteiger charge is -2.06. The lowest BCUT2D eigenvalue weighted by molar-refractivity contribution is -0.143. The molecule has 0 atom stereocenters. The average molecular weight is 211 g/mol. The van der Waals surface area contributed by atoms with E-state index in [1.807, 2.05) is 0 Å². The first-order valence-electron chi connectivity index (χ1n) is 4.61. The number of rotatable bonds is 3. The summed E-state index contributed by atoms with van der Waals surface area (Å²) in [5.74, 6) is -0.829. The van der Waals surface area contributed by atoms with Gasteiger partial charge in [0.05, 0.1) is 6.61 Å². The Morgan fingerprint density at radius 1 is 1.60 bits per heavy atom. The molecule has 1 heterocycles. The third-order valence-corrected chi connectivity index (χ3v) is 1.95. The van der Waals surface area contributed by atoms with Crippen LogP contribution in [0.5, 0.6) is 5.75 Å². The van der Waals surface area contributed by atoms with Gasteiger partial charge in [0.1, 0.15) is 6.54 Å². The summed E-state index contributed by atoms with van der Waals surface area (Å²) >= 11 is 0. The maximum Gasteiger partial charge on any atom is 0.326 e. The Kier molecular flexibility index (Phi) is 3.49. The second kappa shape index (κ2) is 4.63. The molecule has 1 N–H and O–H groups in total. The molecule has 0 aliphatic rings. The predicted molar refractivity (Wildman–Crippen MR) is 53.7 cm³/mol. The Labute approximate surface area is 86.9 Å². The Balaban J connectivity index is 2.92. The van der Waals surface area contributed by atoms with Crippen LogP contribution in [0.1, 0.15) is 12.5 Å². The third kappa shape index (κ3) is 2.59. The Bertz CT molecular complexity index is 422. The molecule has 0 radical (unpaired) electrons. The quantitative estimate of drug-likeness (QED) is 0.736. The van der Waals surface area contributed by atoms with Gasteiger partial charge in [-0.15, -0.1) is 0 Å². The van der Waals surface area contributed by atoms with E-state index in [4.69, 9.17) is 4.74 Å². The lowest BCUT2D eigenvalue weighted by atomic mass is 10.3. The number of pyridine rings is 1. The molecule has 82 valence electrons. The standard InChI is InChI=1S/C10H13NO4/c1-3-15-8(12)6-11-5-4-7(2)9(13)10(11)14/h4-5,13H,3,6H2,1-2H3. The van der Waals surface area contributed by atoms with Crippen LogP contribution in [0.2, 0.25) is 0 Å². The molecule has 0 saturated carbocycles. The molecule has 15 heavy (non-hydrogen) atoms. The van der Waals surface area contributed by atoms with Crippen molar-refractivity contribution in [3.05, 3.63) is 28.2 Å². The summed E-state index contributed by atoms with van der Waals surface area (Å²) in [6.07, 6.45) is 1.45. The first-order valence-corrected chi connectivity index (χ1v) is 4.61. The molecule has 0 spiro atoms. The van der Waals surface area contributed by atoms with Gasteiger partial charge in [-0.05, 0) is 25.5 Å². The van der Waals surface area contributed by atoms with E-state index in [-0.39, 0.29) is 18.9 Å². The molecule has 0 aromatic carbocycles. The van der Waals surface area contributed by atoms with Crippen molar-refractivity contribution in [1.82, 2.24) is 4.57 Å². The van der Waals surface area contributed by atoms with Crippen molar-refractivity contribution in [3.63, 3.8) is 0 Å². The van der Waals surface area contributed by atoms with Gasteiger partial charge in [0.15, 0.2) is 5.75 Å². The number of hydrogen-bond donors (Lipinski definition) is 1. The van der Waals surface area contributed by atoms with E-state index in [9.17, 15) is 14.7 Å². The van der Waals surface area contributed by atoms with Crippen LogP contribution in [0.15, 0.2) is 17.1 Å². The zero-order valence-electron chi connectivity index (χ0n) is 8.69. The molecule has 0 saturated heterocycles. The van der Waals surface area contributed by atoms with Gasteiger partial charge in [-0.25, -0.2) is 0 Å². The van der Waals surface area contributed by atoms with Gasteiger partial charge in [-0.3, -0.25) is 9.59 Å². The highest BCUT2D eigenvalue weighted by Gasteiger charge is 2.08. The molecule has 5 nitrogen and oxygen atoms in total.